The van der Waals surface area contributed by atoms with Gasteiger partial charge in [-0.05, 0) is 43.9 Å². The number of rotatable bonds is 3. The molecule has 0 radical (unpaired) electrons. The zero-order chi connectivity index (χ0) is 19.9. The van der Waals surface area contributed by atoms with Crippen molar-refractivity contribution in [3.63, 3.8) is 0 Å². The number of hydrogen-bond acceptors (Lipinski definition) is 3. The third-order valence-electron chi connectivity index (χ3n) is 5.76. The Balaban J connectivity index is 2.33. The van der Waals surface area contributed by atoms with Gasteiger partial charge in [0.05, 0.1) is 5.92 Å². The first-order chi connectivity index (χ1) is 11.8. The lowest BCUT2D eigenvalue weighted by Gasteiger charge is -2.50. The Morgan fingerprint density at radius 3 is 1.92 bits per heavy atom. The molecule has 9 heteroatoms. The molecule has 2 aliphatic carbocycles. The number of alkyl halides is 6. The van der Waals surface area contributed by atoms with Crippen molar-refractivity contribution in [1.82, 2.24) is 0 Å². The fourth-order valence-electron chi connectivity index (χ4n) is 4.48. The largest absolute Gasteiger partial charge is 0.462 e. The van der Waals surface area contributed by atoms with Gasteiger partial charge in [-0.2, -0.15) is 26.3 Å². The van der Waals surface area contributed by atoms with E-state index in [4.69, 9.17) is 4.74 Å². The fourth-order valence-corrected chi connectivity index (χ4v) is 4.48. The van der Waals surface area contributed by atoms with Crippen LogP contribution in [0, 0.1) is 23.7 Å². The number of halogens is 6. The Morgan fingerprint density at radius 1 is 0.923 bits per heavy atom. The van der Waals surface area contributed by atoms with Gasteiger partial charge in [0.15, 0.2) is 0 Å². The third-order valence-corrected chi connectivity index (χ3v) is 5.76. The van der Waals surface area contributed by atoms with E-state index in [2.05, 4.69) is 0 Å². The molecule has 1 N–H and O–H groups in total. The topological polar surface area (TPSA) is 46.5 Å². The minimum atomic E-state index is -5.82. The average Bonchev–Trinajstić information content (AvgIpc) is 2.51. The molecule has 2 saturated carbocycles. The highest BCUT2D eigenvalue weighted by Crippen LogP contribution is 2.57. The molecule has 0 aromatic heterocycles. The molecule has 4 unspecified atom stereocenters. The van der Waals surface area contributed by atoms with E-state index >= 15 is 0 Å². The fraction of sp³-hybridized carbons (Fsp3) is 0.941. The molecule has 152 valence electrons. The summed E-state index contributed by atoms with van der Waals surface area (Å²) in [6.45, 7) is 3.22. The molecule has 0 aliphatic heterocycles. The summed E-state index contributed by atoms with van der Waals surface area (Å²) in [5.41, 5.74) is -4.74. The summed E-state index contributed by atoms with van der Waals surface area (Å²) in [6.07, 6.45) is -11.3. The highest BCUT2D eigenvalue weighted by molar-refractivity contribution is 5.71. The van der Waals surface area contributed by atoms with Crippen molar-refractivity contribution in [2.75, 3.05) is 0 Å². The smallest absolute Gasteiger partial charge is 0.426 e. The Morgan fingerprint density at radius 2 is 1.42 bits per heavy atom. The third kappa shape index (κ3) is 3.68. The molecule has 2 aliphatic rings. The Labute approximate surface area is 148 Å². The van der Waals surface area contributed by atoms with E-state index < -0.39 is 53.7 Å². The Hall–Kier alpha value is -0.990. The predicted molar refractivity (Wildman–Crippen MR) is 79.9 cm³/mol. The van der Waals surface area contributed by atoms with Crippen LogP contribution in [-0.4, -0.2) is 35.1 Å². The van der Waals surface area contributed by atoms with E-state index in [1.807, 2.05) is 0 Å². The van der Waals surface area contributed by atoms with Crippen LogP contribution in [0.5, 0.6) is 0 Å². The molecule has 0 aromatic carbocycles. The maximum atomic E-state index is 13.3. The highest BCUT2D eigenvalue weighted by atomic mass is 19.4. The zero-order valence-electron chi connectivity index (χ0n) is 14.7. The second-order valence-corrected chi connectivity index (χ2v) is 7.69. The summed E-state index contributed by atoms with van der Waals surface area (Å²) in [6, 6.07) is 0. The van der Waals surface area contributed by atoms with Crippen LogP contribution in [0.15, 0.2) is 0 Å². The number of hydrogen-bond donors (Lipinski definition) is 1. The standard InChI is InChI=1S/C17H24F6O3/c1-9(2)14(24)26-13-8-4-5-10-11(13)6-3-7-12(10)15(25,16(18,19)20)17(21,22)23/h9-13,25H,3-8H2,1-2H3. The van der Waals surface area contributed by atoms with Crippen LogP contribution in [0.1, 0.15) is 52.4 Å². The summed E-state index contributed by atoms with van der Waals surface area (Å²) >= 11 is 0. The van der Waals surface area contributed by atoms with Crippen LogP contribution in [-0.2, 0) is 9.53 Å². The summed E-state index contributed by atoms with van der Waals surface area (Å²) < 4.78 is 85.2. The van der Waals surface area contributed by atoms with Gasteiger partial charge < -0.3 is 9.84 Å². The number of fused-ring (bicyclic) bond motifs is 1. The molecular formula is C17H24F6O3. The van der Waals surface area contributed by atoms with E-state index in [1.165, 1.54) is 0 Å². The summed E-state index contributed by atoms with van der Waals surface area (Å²) in [4.78, 5) is 11.9. The maximum Gasteiger partial charge on any atom is 0.426 e. The SMILES string of the molecule is CC(C)C(=O)OC1CCCC2C1CCCC2C(O)(C(F)(F)F)C(F)(F)F. The summed E-state index contributed by atoms with van der Waals surface area (Å²) in [7, 11) is 0. The van der Waals surface area contributed by atoms with E-state index in [9.17, 15) is 36.2 Å². The zero-order valence-corrected chi connectivity index (χ0v) is 14.7. The highest BCUT2D eigenvalue weighted by Gasteiger charge is 2.75. The van der Waals surface area contributed by atoms with Crippen molar-refractivity contribution in [1.29, 1.82) is 0 Å². The van der Waals surface area contributed by atoms with Crippen molar-refractivity contribution < 1.29 is 41.0 Å². The molecule has 26 heavy (non-hydrogen) atoms. The lowest BCUT2D eigenvalue weighted by molar-refractivity contribution is -0.394. The van der Waals surface area contributed by atoms with Gasteiger partial charge in [-0.15, -0.1) is 0 Å². The molecule has 0 amide bonds. The lowest BCUT2D eigenvalue weighted by Crippen LogP contribution is -2.65. The van der Waals surface area contributed by atoms with Crippen LogP contribution >= 0.6 is 0 Å². The monoisotopic (exact) mass is 390 g/mol. The van der Waals surface area contributed by atoms with Crippen LogP contribution in [0.2, 0.25) is 0 Å². The first-order valence-electron chi connectivity index (χ1n) is 8.87. The van der Waals surface area contributed by atoms with Crippen LogP contribution in [0.3, 0.4) is 0 Å². The predicted octanol–water partition coefficient (Wildman–Crippen LogP) is 4.63. The molecule has 3 nitrogen and oxygen atoms in total. The molecule has 0 spiro atoms. The van der Waals surface area contributed by atoms with Crippen LogP contribution in [0.4, 0.5) is 26.3 Å². The van der Waals surface area contributed by atoms with Gasteiger partial charge in [0.25, 0.3) is 5.60 Å². The quantitative estimate of drug-likeness (QED) is 0.565. The molecule has 0 saturated heterocycles. The number of carbonyl (C=O) groups excluding carboxylic acids is 1. The molecule has 0 heterocycles. The normalized spacial score (nSPS) is 30.8. The van der Waals surface area contributed by atoms with E-state index in [0.717, 1.165) is 0 Å². The van der Waals surface area contributed by atoms with E-state index in [0.29, 0.717) is 19.3 Å². The summed E-state index contributed by atoms with van der Waals surface area (Å²) in [5, 5.41) is 9.85. The molecule has 2 rings (SSSR count). The van der Waals surface area contributed by atoms with Crippen molar-refractivity contribution in [3.05, 3.63) is 0 Å². The molecule has 2 fully saturated rings. The minimum Gasteiger partial charge on any atom is -0.462 e. The second-order valence-electron chi connectivity index (χ2n) is 7.69. The van der Waals surface area contributed by atoms with Gasteiger partial charge in [0.1, 0.15) is 6.10 Å². The molecule has 4 atom stereocenters. The van der Waals surface area contributed by atoms with Gasteiger partial charge in [0, 0.05) is 5.92 Å². The van der Waals surface area contributed by atoms with E-state index in [-0.39, 0.29) is 19.3 Å². The van der Waals surface area contributed by atoms with Crippen molar-refractivity contribution >= 4 is 5.97 Å². The number of esters is 1. The van der Waals surface area contributed by atoms with Gasteiger partial charge in [-0.25, -0.2) is 0 Å². The van der Waals surface area contributed by atoms with Gasteiger partial charge in [-0.3, -0.25) is 4.79 Å². The van der Waals surface area contributed by atoms with Gasteiger partial charge >= 0.3 is 18.3 Å². The number of ether oxygens (including phenoxy) is 1. The van der Waals surface area contributed by atoms with Crippen LogP contribution in [0.25, 0.3) is 0 Å². The van der Waals surface area contributed by atoms with Crippen LogP contribution < -0.4 is 0 Å². The number of carbonyl (C=O) groups is 1. The summed E-state index contributed by atoms with van der Waals surface area (Å²) in [5.74, 6) is -4.52. The molecular weight excluding hydrogens is 366 g/mol. The van der Waals surface area contributed by atoms with Crippen molar-refractivity contribution in [3.8, 4) is 0 Å². The van der Waals surface area contributed by atoms with Crippen molar-refractivity contribution in [2.24, 2.45) is 23.7 Å². The van der Waals surface area contributed by atoms with Gasteiger partial charge in [-0.1, -0.05) is 20.3 Å². The first kappa shape index (κ1) is 21.3. The average molecular weight is 390 g/mol. The first-order valence-corrected chi connectivity index (χ1v) is 8.87. The maximum absolute atomic E-state index is 13.3. The molecule has 0 bridgehead atoms. The Kier molecular flexibility index (Phi) is 5.90. The minimum absolute atomic E-state index is 0.121. The number of aliphatic hydroxyl groups is 1. The second kappa shape index (κ2) is 7.20. The van der Waals surface area contributed by atoms with E-state index in [1.54, 1.807) is 13.8 Å². The lowest BCUT2D eigenvalue weighted by atomic mass is 9.59. The Bertz CT molecular complexity index is 500. The van der Waals surface area contributed by atoms with Crippen molar-refractivity contribution in [2.45, 2.75) is 76.4 Å². The molecule has 0 aromatic rings. The van der Waals surface area contributed by atoms with Gasteiger partial charge in [0.2, 0.25) is 0 Å².